The lowest BCUT2D eigenvalue weighted by atomic mass is 9.83. The molecule has 0 rings (SSSR count). The summed E-state index contributed by atoms with van der Waals surface area (Å²) in [5.41, 5.74) is -2.05. The van der Waals surface area contributed by atoms with E-state index in [4.69, 9.17) is 5.11 Å². The lowest BCUT2D eigenvalue weighted by Gasteiger charge is -2.35. The molecule has 0 radical (unpaired) electrons. The highest BCUT2D eigenvalue weighted by molar-refractivity contribution is 4.89. The molecule has 3 N–H and O–H groups in total. The zero-order valence-electron chi connectivity index (χ0n) is 10.3. The summed E-state index contributed by atoms with van der Waals surface area (Å²) in [7, 11) is 0. The molecule has 15 heavy (non-hydrogen) atoms. The third-order valence-corrected chi connectivity index (χ3v) is 3.14. The maximum atomic E-state index is 9.96. The Morgan fingerprint density at radius 2 is 1.27 bits per heavy atom. The zero-order chi connectivity index (χ0) is 11.9. The van der Waals surface area contributed by atoms with Gasteiger partial charge in [-0.25, -0.2) is 0 Å². The van der Waals surface area contributed by atoms with E-state index in [1.807, 2.05) is 0 Å². The Balaban J connectivity index is 3.58. The lowest BCUT2D eigenvalue weighted by molar-refractivity contribution is -0.124. The van der Waals surface area contributed by atoms with E-state index < -0.39 is 11.2 Å². The highest BCUT2D eigenvalue weighted by Crippen LogP contribution is 2.27. The molecule has 0 aliphatic rings. The molecule has 0 bridgehead atoms. The molecule has 0 aromatic heterocycles. The van der Waals surface area contributed by atoms with Gasteiger partial charge in [-0.05, 0) is 33.6 Å². The van der Waals surface area contributed by atoms with Crippen LogP contribution >= 0.6 is 0 Å². The molecule has 3 nitrogen and oxygen atoms in total. The Kier molecular flexibility index (Phi) is 6.41. The molecule has 3 heteroatoms. The van der Waals surface area contributed by atoms with Crippen molar-refractivity contribution in [2.45, 2.75) is 70.5 Å². The molecule has 0 saturated carbocycles. The summed E-state index contributed by atoms with van der Waals surface area (Å²) in [6.45, 7) is 5.22. The van der Waals surface area contributed by atoms with Crippen LogP contribution in [0.25, 0.3) is 0 Å². The van der Waals surface area contributed by atoms with Crippen LogP contribution in [0.5, 0.6) is 0 Å². The second-order valence-electron chi connectivity index (χ2n) is 5.07. The van der Waals surface area contributed by atoms with Crippen LogP contribution in [0.1, 0.15) is 59.3 Å². The molecular formula is C12H26O3. The van der Waals surface area contributed by atoms with Gasteiger partial charge in [-0.1, -0.05) is 25.7 Å². The van der Waals surface area contributed by atoms with Crippen molar-refractivity contribution in [3.8, 4) is 0 Å². The second-order valence-corrected chi connectivity index (χ2v) is 5.07. The van der Waals surface area contributed by atoms with Gasteiger partial charge in [0.05, 0.1) is 11.2 Å². The number of aliphatic hydroxyl groups excluding tert-OH is 1. The second kappa shape index (κ2) is 6.46. The van der Waals surface area contributed by atoms with Gasteiger partial charge < -0.3 is 15.3 Å². The first kappa shape index (κ1) is 14.9. The van der Waals surface area contributed by atoms with Gasteiger partial charge in [0.15, 0.2) is 0 Å². The largest absolute Gasteiger partial charge is 0.396 e. The van der Waals surface area contributed by atoms with Crippen molar-refractivity contribution < 1.29 is 15.3 Å². The van der Waals surface area contributed by atoms with Crippen molar-refractivity contribution in [3.05, 3.63) is 0 Å². The molecule has 0 aliphatic carbocycles. The maximum Gasteiger partial charge on any atom is 0.0900 e. The van der Waals surface area contributed by atoms with Gasteiger partial charge in [-0.2, -0.15) is 0 Å². The van der Waals surface area contributed by atoms with Crippen LogP contribution in [0.4, 0.5) is 0 Å². The van der Waals surface area contributed by atoms with Crippen molar-refractivity contribution in [1.29, 1.82) is 0 Å². The third-order valence-electron chi connectivity index (χ3n) is 3.14. The van der Waals surface area contributed by atoms with Crippen LogP contribution in [0.15, 0.2) is 0 Å². The van der Waals surface area contributed by atoms with Gasteiger partial charge in [-0.15, -0.1) is 0 Å². The molecule has 0 heterocycles. The third kappa shape index (κ3) is 6.13. The first-order chi connectivity index (χ1) is 6.81. The maximum absolute atomic E-state index is 9.96. The van der Waals surface area contributed by atoms with Crippen LogP contribution < -0.4 is 0 Å². The Labute approximate surface area is 93.1 Å². The molecule has 0 fully saturated rings. The highest BCUT2D eigenvalue weighted by atomic mass is 16.3. The van der Waals surface area contributed by atoms with E-state index in [1.54, 1.807) is 20.8 Å². The van der Waals surface area contributed by atoms with Crippen molar-refractivity contribution in [2.75, 3.05) is 6.61 Å². The van der Waals surface area contributed by atoms with Gasteiger partial charge in [0.1, 0.15) is 0 Å². The van der Waals surface area contributed by atoms with Gasteiger partial charge in [0.25, 0.3) is 0 Å². The average molecular weight is 218 g/mol. The first-order valence-electron chi connectivity index (χ1n) is 5.87. The van der Waals surface area contributed by atoms with E-state index in [1.165, 1.54) is 0 Å². The summed E-state index contributed by atoms with van der Waals surface area (Å²) in [4.78, 5) is 0. The molecule has 0 aromatic rings. The highest BCUT2D eigenvalue weighted by Gasteiger charge is 2.36. The Morgan fingerprint density at radius 3 is 1.73 bits per heavy atom. The summed E-state index contributed by atoms with van der Waals surface area (Å²) in [5.74, 6) is 0. The summed E-state index contributed by atoms with van der Waals surface area (Å²) >= 11 is 0. The SMILES string of the molecule is CC(C)(O)C(C)(O)CCCCCCCO. The number of rotatable bonds is 8. The molecule has 1 unspecified atom stereocenters. The minimum absolute atomic E-state index is 0.265. The van der Waals surface area contributed by atoms with E-state index >= 15 is 0 Å². The predicted octanol–water partition coefficient (Wildman–Crippen LogP) is 1.84. The monoisotopic (exact) mass is 218 g/mol. The van der Waals surface area contributed by atoms with E-state index in [2.05, 4.69) is 0 Å². The predicted molar refractivity (Wildman–Crippen MR) is 61.7 cm³/mol. The van der Waals surface area contributed by atoms with Gasteiger partial charge in [0.2, 0.25) is 0 Å². The number of hydrogen-bond donors (Lipinski definition) is 3. The normalized spacial score (nSPS) is 16.4. The average Bonchev–Trinajstić information content (AvgIpc) is 2.09. The van der Waals surface area contributed by atoms with E-state index in [0.717, 1.165) is 32.1 Å². The Bertz CT molecular complexity index is 159. The van der Waals surface area contributed by atoms with E-state index in [0.29, 0.717) is 6.42 Å². The molecule has 1 atom stereocenters. The van der Waals surface area contributed by atoms with Gasteiger partial charge in [-0.3, -0.25) is 0 Å². The Hall–Kier alpha value is -0.120. The van der Waals surface area contributed by atoms with Crippen molar-refractivity contribution in [3.63, 3.8) is 0 Å². The van der Waals surface area contributed by atoms with Crippen LogP contribution in [-0.2, 0) is 0 Å². The quantitative estimate of drug-likeness (QED) is 0.545. The lowest BCUT2D eigenvalue weighted by Crippen LogP contribution is -2.47. The summed E-state index contributed by atoms with van der Waals surface area (Å²) < 4.78 is 0. The summed E-state index contributed by atoms with van der Waals surface area (Å²) in [5, 5.41) is 28.3. The fourth-order valence-electron chi connectivity index (χ4n) is 1.42. The summed E-state index contributed by atoms with van der Waals surface area (Å²) in [6, 6.07) is 0. The number of aliphatic hydroxyl groups is 3. The minimum Gasteiger partial charge on any atom is -0.396 e. The molecule has 0 saturated heterocycles. The van der Waals surface area contributed by atoms with Crippen molar-refractivity contribution in [1.82, 2.24) is 0 Å². The van der Waals surface area contributed by atoms with Crippen molar-refractivity contribution in [2.24, 2.45) is 0 Å². The van der Waals surface area contributed by atoms with Crippen LogP contribution in [0.2, 0.25) is 0 Å². The fourth-order valence-corrected chi connectivity index (χ4v) is 1.42. The van der Waals surface area contributed by atoms with Gasteiger partial charge in [0, 0.05) is 6.61 Å². The fraction of sp³-hybridized carbons (Fsp3) is 1.00. The minimum atomic E-state index is -1.04. The van der Waals surface area contributed by atoms with Crippen LogP contribution in [-0.4, -0.2) is 33.1 Å². The van der Waals surface area contributed by atoms with Crippen LogP contribution in [0.3, 0.4) is 0 Å². The van der Waals surface area contributed by atoms with Crippen molar-refractivity contribution >= 4 is 0 Å². The number of unbranched alkanes of at least 4 members (excludes halogenated alkanes) is 4. The topological polar surface area (TPSA) is 60.7 Å². The first-order valence-corrected chi connectivity index (χ1v) is 5.87. The smallest absolute Gasteiger partial charge is 0.0900 e. The van der Waals surface area contributed by atoms with E-state index in [-0.39, 0.29) is 6.61 Å². The summed E-state index contributed by atoms with van der Waals surface area (Å²) in [6.07, 6.45) is 5.58. The molecule has 0 spiro atoms. The molecular weight excluding hydrogens is 192 g/mol. The van der Waals surface area contributed by atoms with Crippen LogP contribution in [0, 0.1) is 0 Å². The molecule has 0 amide bonds. The number of hydrogen-bond acceptors (Lipinski definition) is 3. The molecule has 92 valence electrons. The Morgan fingerprint density at radius 1 is 0.800 bits per heavy atom. The standard InChI is InChI=1S/C12H26O3/c1-11(2,14)12(3,15)9-7-5-4-6-8-10-13/h13-15H,4-10H2,1-3H3. The van der Waals surface area contributed by atoms with E-state index in [9.17, 15) is 10.2 Å². The molecule has 0 aliphatic heterocycles. The molecule has 0 aromatic carbocycles. The zero-order valence-corrected chi connectivity index (χ0v) is 10.3. The van der Waals surface area contributed by atoms with Gasteiger partial charge >= 0.3 is 0 Å².